The molecule has 0 aliphatic carbocycles. The second-order valence-electron chi connectivity index (χ2n) is 4.47. The lowest BCUT2D eigenvalue weighted by molar-refractivity contribution is 0.567. The molecule has 0 unspecified atom stereocenters. The first kappa shape index (κ1) is 15.6. The summed E-state index contributed by atoms with van der Waals surface area (Å²) >= 11 is 1.66. The van der Waals surface area contributed by atoms with Gasteiger partial charge in [-0.15, -0.1) is 11.3 Å². The zero-order valence-electron chi connectivity index (χ0n) is 11.2. The van der Waals surface area contributed by atoms with Crippen molar-refractivity contribution in [1.82, 2.24) is 10.0 Å². The van der Waals surface area contributed by atoms with Crippen molar-refractivity contribution in [3.63, 3.8) is 0 Å². The van der Waals surface area contributed by atoms with Crippen molar-refractivity contribution in [1.29, 1.82) is 0 Å². The molecule has 0 aromatic carbocycles. The van der Waals surface area contributed by atoms with Crippen molar-refractivity contribution >= 4 is 21.4 Å². The van der Waals surface area contributed by atoms with E-state index in [1.54, 1.807) is 11.3 Å². The highest BCUT2D eigenvalue weighted by Gasteiger charge is 2.10. The van der Waals surface area contributed by atoms with E-state index >= 15 is 0 Å². The Balaban J connectivity index is 2.36. The van der Waals surface area contributed by atoms with Crippen LogP contribution in [0.25, 0.3) is 0 Å². The van der Waals surface area contributed by atoms with Gasteiger partial charge in [0.2, 0.25) is 10.0 Å². The van der Waals surface area contributed by atoms with Crippen molar-refractivity contribution < 1.29 is 8.42 Å². The fraction of sp³-hybridized carbons (Fsp3) is 0.667. The minimum Gasteiger partial charge on any atom is -0.313 e. The predicted molar refractivity (Wildman–Crippen MR) is 77.5 cm³/mol. The monoisotopic (exact) mass is 290 g/mol. The molecule has 0 bridgehead atoms. The number of nitrogens with one attached hydrogen (secondary N) is 2. The summed E-state index contributed by atoms with van der Waals surface area (Å²) in [7, 11) is -3.18. The average molecular weight is 290 g/mol. The summed E-state index contributed by atoms with van der Waals surface area (Å²) in [6.45, 7) is 6.97. The summed E-state index contributed by atoms with van der Waals surface area (Å²) in [4.78, 5) is 2.35. The van der Waals surface area contributed by atoms with Gasteiger partial charge in [-0.25, -0.2) is 13.1 Å². The first-order valence-electron chi connectivity index (χ1n) is 6.21. The number of sulfonamides is 1. The molecule has 1 aromatic heterocycles. The summed E-state index contributed by atoms with van der Waals surface area (Å²) in [5.41, 5.74) is 0. The van der Waals surface area contributed by atoms with Crippen LogP contribution in [-0.2, 0) is 23.0 Å². The maximum Gasteiger partial charge on any atom is 0.213 e. The molecule has 104 valence electrons. The van der Waals surface area contributed by atoms with Crippen LogP contribution in [0.5, 0.6) is 0 Å². The van der Waals surface area contributed by atoms with Crippen LogP contribution in [0, 0.1) is 0 Å². The Bertz CT molecular complexity index is 452. The SMILES string of the molecule is CCc1ccc(CNS(=O)(=O)CCNC(C)C)s1. The van der Waals surface area contributed by atoms with Gasteiger partial charge < -0.3 is 5.32 Å². The maximum absolute atomic E-state index is 11.7. The predicted octanol–water partition coefficient (Wildman–Crippen LogP) is 1.73. The normalized spacial score (nSPS) is 12.2. The van der Waals surface area contributed by atoms with E-state index in [0.29, 0.717) is 19.1 Å². The first-order chi connectivity index (χ1) is 8.43. The van der Waals surface area contributed by atoms with Gasteiger partial charge in [-0.3, -0.25) is 0 Å². The molecule has 1 heterocycles. The third kappa shape index (κ3) is 5.95. The van der Waals surface area contributed by atoms with Gasteiger partial charge in [-0.2, -0.15) is 0 Å². The zero-order chi connectivity index (χ0) is 13.6. The van der Waals surface area contributed by atoms with Gasteiger partial charge in [0, 0.05) is 28.9 Å². The number of aryl methyl sites for hydroxylation is 1. The fourth-order valence-corrected chi connectivity index (χ4v) is 3.34. The lowest BCUT2D eigenvalue weighted by Crippen LogP contribution is -2.34. The molecule has 2 N–H and O–H groups in total. The molecule has 0 amide bonds. The molecule has 0 aliphatic rings. The molecule has 0 saturated heterocycles. The molecule has 18 heavy (non-hydrogen) atoms. The quantitative estimate of drug-likeness (QED) is 0.766. The third-order valence-corrected chi connectivity index (χ3v) is 5.01. The number of thiophene rings is 1. The highest BCUT2D eigenvalue weighted by Crippen LogP contribution is 2.16. The Morgan fingerprint density at radius 2 is 1.94 bits per heavy atom. The van der Waals surface area contributed by atoms with Gasteiger partial charge in [-0.1, -0.05) is 20.8 Å². The number of hydrogen-bond donors (Lipinski definition) is 2. The molecule has 0 atom stereocenters. The molecular weight excluding hydrogens is 268 g/mol. The Kier molecular flexibility index (Phi) is 6.28. The average Bonchev–Trinajstić information content (AvgIpc) is 2.73. The highest BCUT2D eigenvalue weighted by atomic mass is 32.2. The van der Waals surface area contributed by atoms with Gasteiger partial charge in [0.15, 0.2) is 0 Å². The Morgan fingerprint density at radius 1 is 1.28 bits per heavy atom. The van der Waals surface area contributed by atoms with Crippen LogP contribution in [-0.4, -0.2) is 26.8 Å². The second kappa shape index (κ2) is 7.23. The summed E-state index contributed by atoms with van der Waals surface area (Å²) in [6.07, 6.45) is 0.996. The Labute approximate surface area is 114 Å². The first-order valence-corrected chi connectivity index (χ1v) is 8.68. The molecule has 0 radical (unpaired) electrons. The topological polar surface area (TPSA) is 58.2 Å². The molecule has 1 aromatic rings. The molecule has 0 saturated carbocycles. The van der Waals surface area contributed by atoms with Crippen molar-refractivity contribution in [3.8, 4) is 0 Å². The minimum atomic E-state index is -3.18. The van der Waals surface area contributed by atoms with E-state index < -0.39 is 10.0 Å². The van der Waals surface area contributed by atoms with Crippen molar-refractivity contribution in [2.45, 2.75) is 39.8 Å². The minimum absolute atomic E-state index is 0.122. The molecule has 4 nitrogen and oxygen atoms in total. The van der Waals surface area contributed by atoms with Crippen molar-refractivity contribution in [2.24, 2.45) is 0 Å². The van der Waals surface area contributed by atoms with Gasteiger partial charge in [0.05, 0.1) is 5.75 Å². The van der Waals surface area contributed by atoms with Crippen LogP contribution in [0.3, 0.4) is 0 Å². The third-order valence-electron chi connectivity index (χ3n) is 2.46. The zero-order valence-corrected chi connectivity index (χ0v) is 12.8. The van der Waals surface area contributed by atoms with Gasteiger partial charge in [-0.05, 0) is 18.6 Å². The van der Waals surface area contributed by atoms with Gasteiger partial charge in [0.25, 0.3) is 0 Å². The molecule has 0 fully saturated rings. The van der Waals surface area contributed by atoms with Crippen LogP contribution in [0.4, 0.5) is 0 Å². The summed E-state index contributed by atoms with van der Waals surface area (Å²) < 4.78 is 26.1. The van der Waals surface area contributed by atoms with Crippen molar-refractivity contribution in [2.75, 3.05) is 12.3 Å². The van der Waals surface area contributed by atoms with Crippen LogP contribution in [0.1, 0.15) is 30.5 Å². The molecule has 6 heteroatoms. The van der Waals surface area contributed by atoms with E-state index in [1.165, 1.54) is 4.88 Å². The van der Waals surface area contributed by atoms with Gasteiger partial charge in [0.1, 0.15) is 0 Å². The molecule has 0 spiro atoms. The lowest BCUT2D eigenvalue weighted by atomic mass is 10.4. The number of rotatable bonds is 8. The van der Waals surface area contributed by atoms with Crippen molar-refractivity contribution in [3.05, 3.63) is 21.9 Å². The van der Waals surface area contributed by atoms with E-state index in [0.717, 1.165) is 11.3 Å². The largest absolute Gasteiger partial charge is 0.313 e. The van der Waals surface area contributed by atoms with E-state index in [4.69, 9.17) is 0 Å². The molecule has 1 rings (SSSR count). The van der Waals surface area contributed by atoms with Crippen LogP contribution < -0.4 is 10.0 Å². The molecular formula is C12H22N2O2S2. The Morgan fingerprint density at radius 3 is 2.50 bits per heavy atom. The van der Waals surface area contributed by atoms with E-state index in [9.17, 15) is 8.42 Å². The Hall–Kier alpha value is -0.430. The fourth-order valence-electron chi connectivity index (χ4n) is 1.44. The molecule has 0 aliphatic heterocycles. The van der Waals surface area contributed by atoms with E-state index in [1.807, 2.05) is 19.9 Å². The smallest absolute Gasteiger partial charge is 0.213 e. The van der Waals surface area contributed by atoms with E-state index in [-0.39, 0.29) is 5.75 Å². The highest BCUT2D eigenvalue weighted by molar-refractivity contribution is 7.89. The van der Waals surface area contributed by atoms with Crippen LogP contribution >= 0.6 is 11.3 Å². The van der Waals surface area contributed by atoms with Crippen LogP contribution in [0.15, 0.2) is 12.1 Å². The second-order valence-corrected chi connectivity index (χ2v) is 7.65. The maximum atomic E-state index is 11.7. The standard InChI is InChI=1S/C12H22N2O2S2/c1-4-11-5-6-12(17-11)9-14-18(15,16)8-7-13-10(2)3/h5-6,10,13-14H,4,7-9H2,1-3H3. The van der Waals surface area contributed by atoms with E-state index in [2.05, 4.69) is 23.0 Å². The van der Waals surface area contributed by atoms with Crippen LogP contribution in [0.2, 0.25) is 0 Å². The number of hydrogen-bond acceptors (Lipinski definition) is 4. The summed E-state index contributed by atoms with van der Waals surface area (Å²) in [5, 5.41) is 3.10. The summed E-state index contributed by atoms with van der Waals surface area (Å²) in [5.74, 6) is 0.122. The van der Waals surface area contributed by atoms with Gasteiger partial charge >= 0.3 is 0 Å². The summed E-state index contributed by atoms with van der Waals surface area (Å²) in [6, 6.07) is 4.34. The lowest BCUT2D eigenvalue weighted by Gasteiger charge is -2.09.